The smallest absolute Gasteiger partial charge is 0.226 e. The Morgan fingerprint density at radius 2 is 2.10 bits per heavy atom. The molecule has 2 heterocycles. The van der Waals surface area contributed by atoms with E-state index in [0.717, 1.165) is 62.7 Å². The highest BCUT2D eigenvalue weighted by molar-refractivity contribution is 4.87. The van der Waals surface area contributed by atoms with Crippen molar-refractivity contribution in [2.24, 2.45) is 11.8 Å². The van der Waals surface area contributed by atoms with Crippen molar-refractivity contribution in [2.75, 3.05) is 26.2 Å². The zero-order valence-corrected chi connectivity index (χ0v) is 13.1. The molecule has 0 atom stereocenters. The molecule has 1 saturated heterocycles. The van der Waals surface area contributed by atoms with Gasteiger partial charge >= 0.3 is 0 Å². The van der Waals surface area contributed by atoms with Crippen LogP contribution in [0.25, 0.3) is 0 Å². The summed E-state index contributed by atoms with van der Waals surface area (Å²) in [5, 5.41) is 7.60. The molecule has 2 rings (SSSR count). The van der Waals surface area contributed by atoms with Crippen LogP contribution in [0.2, 0.25) is 0 Å². The minimum atomic E-state index is 0.737. The lowest BCUT2D eigenvalue weighted by atomic mass is 9.96. The molecule has 5 nitrogen and oxygen atoms in total. The van der Waals surface area contributed by atoms with Crippen LogP contribution in [0.5, 0.6) is 0 Å². The fourth-order valence-electron chi connectivity index (χ4n) is 2.62. The second-order valence-corrected chi connectivity index (χ2v) is 6.23. The van der Waals surface area contributed by atoms with E-state index < -0.39 is 0 Å². The van der Waals surface area contributed by atoms with Crippen LogP contribution in [0.15, 0.2) is 4.52 Å². The van der Waals surface area contributed by atoms with Crippen LogP contribution in [0, 0.1) is 11.8 Å². The first-order chi connectivity index (χ1) is 9.67. The average Bonchev–Trinajstić information content (AvgIpc) is 2.88. The molecule has 1 aromatic rings. The van der Waals surface area contributed by atoms with Gasteiger partial charge in [-0.2, -0.15) is 4.98 Å². The number of rotatable bonds is 7. The standard InChI is InChI=1S/C15H28N4O/c1-4-15-17-14(18-20-15)11-19-7-5-13(6-8-19)10-16-9-12(2)3/h12-13,16H,4-11H2,1-3H3. The number of nitrogens with zero attached hydrogens (tertiary/aromatic N) is 3. The van der Waals surface area contributed by atoms with Gasteiger partial charge in [0.05, 0.1) is 6.54 Å². The van der Waals surface area contributed by atoms with E-state index in [1.54, 1.807) is 0 Å². The quantitative estimate of drug-likeness (QED) is 0.829. The number of hydrogen-bond acceptors (Lipinski definition) is 5. The van der Waals surface area contributed by atoms with E-state index in [1.807, 2.05) is 6.92 Å². The van der Waals surface area contributed by atoms with Crippen molar-refractivity contribution in [3.8, 4) is 0 Å². The Morgan fingerprint density at radius 3 is 2.70 bits per heavy atom. The highest BCUT2D eigenvalue weighted by atomic mass is 16.5. The summed E-state index contributed by atoms with van der Waals surface area (Å²) in [6.45, 7) is 11.9. The molecule has 1 aliphatic heterocycles. The first-order valence-electron chi connectivity index (χ1n) is 7.92. The molecular formula is C15H28N4O. The predicted octanol–water partition coefficient (Wildman–Crippen LogP) is 2.09. The Balaban J connectivity index is 1.66. The Labute approximate surface area is 122 Å². The Kier molecular flexibility index (Phi) is 5.98. The number of likely N-dealkylation sites (tertiary alicyclic amines) is 1. The van der Waals surface area contributed by atoms with Gasteiger partial charge in [-0.3, -0.25) is 4.90 Å². The molecule has 0 saturated carbocycles. The number of aromatic nitrogens is 2. The lowest BCUT2D eigenvalue weighted by Crippen LogP contribution is -2.37. The van der Waals surface area contributed by atoms with Crippen molar-refractivity contribution in [3.05, 3.63) is 11.7 Å². The van der Waals surface area contributed by atoms with E-state index in [4.69, 9.17) is 4.52 Å². The zero-order valence-electron chi connectivity index (χ0n) is 13.1. The summed E-state index contributed by atoms with van der Waals surface area (Å²) < 4.78 is 5.15. The van der Waals surface area contributed by atoms with Gasteiger partial charge < -0.3 is 9.84 Å². The van der Waals surface area contributed by atoms with Gasteiger partial charge in [0.2, 0.25) is 5.89 Å². The topological polar surface area (TPSA) is 54.2 Å². The SMILES string of the molecule is CCc1nc(CN2CCC(CNCC(C)C)CC2)no1. The molecule has 0 unspecified atom stereocenters. The van der Waals surface area contributed by atoms with Crippen molar-refractivity contribution < 1.29 is 4.52 Å². The summed E-state index contributed by atoms with van der Waals surface area (Å²) in [5.41, 5.74) is 0. The van der Waals surface area contributed by atoms with Crippen molar-refractivity contribution in [1.29, 1.82) is 0 Å². The molecule has 1 N–H and O–H groups in total. The zero-order chi connectivity index (χ0) is 14.4. The number of piperidine rings is 1. The summed E-state index contributed by atoms with van der Waals surface area (Å²) >= 11 is 0. The Morgan fingerprint density at radius 1 is 1.35 bits per heavy atom. The van der Waals surface area contributed by atoms with Crippen LogP contribution < -0.4 is 5.32 Å². The molecule has 114 valence electrons. The summed E-state index contributed by atoms with van der Waals surface area (Å²) in [7, 11) is 0. The number of hydrogen-bond donors (Lipinski definition) is 1. The van der Waals surface area contributed by atoms with E-state index in [0.29, 0.717) is 0 Å². The number of nitrogens with one attached hydrogen (secondary N) is 1. The van der Waals surface area contributed by atoms with Crippen LogP contribution in [-0.4, -0.2) is 41.2 Å². The van der Waals surface area contributed by atoms with Crippen molar-refractivity contribution >= 4 is 0 Å². The maximum Gasteiger partial charge on any atom is 0.226 e. The van der Waals surface area contributed by atoms with Crippen LogP contribution >= 0.6 is 0 Å². The fraction of sp³-hybridized carbons (Fsp3) is 0.867. The van der Waals surface area contributed by atoms with Gasteiger partial charge in [-0.1, -0.05) is 25.9 Å². The normalized spacial score (nSPS) is 18.0. The van der Waals surface area contributed by atoms with E-state index in [9.17, 15) is 0 Å². The van der Waals surface area contributed by atoms with Crippen LogP contribution in [0.1, 0.15) is 45.3 Å². The second kappa shape index (κ2) is 7.74. The van der Waals surface area contributed by atoms with Crippen molar-refractivity contribution in [2.45, 2.75) is 46.6 Å². The number of aryl methyl sites for hydroxylation is 1. The third kappa shape index (κ3) is 4.87. The second-order valence-electron chi connectivity index (χ2n) is 6.23. The predicted molar refractivity (Wildman–Crippen MR) is 79.4 cm³/mol. The molecule has 0 amide bonds. The van der Waals surface area contributed by atoms with Gasteiger partial charge in [0, 0.05) is 6.42 Å². The largest absolute Gasteiger partial charge is 0.339 e. The van der Waals surface area contributed by atoms with Gasteiger partial charge in [0.25, 0.3) is 0 Å². The Bertz CT molecular complexity index is 383. The van der Waals surface area contributed by atoms with Crippen molar-refractivity contribution in [3.63, 3.8) is 0 Å². The Hall–Kier alpha value is -0.940. The molecule has 1 fully saturated rings. The van der Waals surface area contributed by atoms with Gasteiger partial charge in [-0.25, -0.2) is 0 Å². The monoisotopic (exact) mass is 280 g/mol. The highest BCUT2D eigenvalue weighted by Gasteiger charge is 2.20. The lowest BCUT2D eigenvalue weighted by Gasteiger charge is -2.31. The van der Waals surface area contributed by atoms with Gasteiger partial charge in [-0.15, -0.1) is 0 Å². The molecule has 1 aliphatic rings. The average molecular weight is 280 g/mol. The highest BCUT2D eigenvalue weighted by Crippen LogP contribution is 2.17. The fourth-order valence-corrected chi connectivity index (χ4v) is 2.62. The lowest BCUT2D eigenvalue weighted by molar-refractivity contribution is 0.170. The molecule has 1 aromatic heterocycles. The maximum absolute atomic E-state index is 5.15. The molecule has 0 radical (unpaired) electrons. The molecule has 0 aliphatic carbocycles. The van der Waals surface area contributed by atoms with Gasteiger partial charge in [0.15, 0.2) is 5.82 Å². The first kappa shape index (κ1) is 15.4. The minimum absolute atomic E-state index is 0.737. The van der Waals surface area contributed by atoms with E-state index in [-0.39, 0.29) is 0 Å². The third-order valence-electron chi connectivity index (χ3n) is 3.87. The molecule has 5 heteroatoms. The minimum Gasteiger partial charge on any atom is -0.339 e. The van der Waals surface area contributed by atoms with E-state index in [1.165, 1.54) is 12.8 Å². The van der Waals surface area contributed by atoms with Crippen molar-refractivity contribution in [1.82, 2.24) is 20.4 Å². The van der Waals surface area contributed by atoms with Crippen LogP contribution in [-0.2, 0) is 13.0 Å². The van der Waals surface area contributed by atoms with Gasteiger partial charge in [-0.05, 0) is 50.9 Å². The summed E-state index contributed by atoms with van der Waals surface area (Å²) in [6.07, 6.45) is 3.35. The van der Waals surface area contributed by atoms with Gasteiger partial charge in [0.1, 0.15) is 0 Å². The van der Waals surface area contributed by atoms with Crippen LogP contribution in [0.4, 0.5) is 0 Å². The van der Waals surface area contributed by atoms with E-state index in [2.05, 4.69) is 34.2 Å². The molecule has 0 spiro atoms. The summed E-state index contributed by atoms with van der Waals surface area (Å²) in [6, 6.07) is 0. The maximum atomic E-state index is 5.15. The molecule has 20 heavy (non-hydrogen) atoms. The molecule has 0 bridgehead atoms. The summed E-state index contributed by atoms with van der Waals surface area (Å²) in [4.78, 5) is 6.81. The van der Waals surface area contributed by atoms with E-state index >= 15 is 0 Å². The first-order valence-corrected chi connectivity index (χ1v) is 7.92. The summed E-state index contributed by atoms with van der Waals surface area (Å²) in [5.74, 6) is 3.13. The molecule has 0 aromatic carbocycles. The third-order valence-corrected chi connectivity index (χ3v) is 3.87. The molecular weight excluding hydrogens is 252 g/mol. The van der Waals surface area contributed by atoms with Crippen LogP contribution in [0.3, 0.4) is 0 Å².